The quantitative estimate of drug-likeness (QED) is 0.842. The third-order valence-electron chi connectivity index (χ3n) is 4.59. The van der Waals surface area contributed by atoms with E-state index in [0.29, 0.717) is 23.7 Å². The first-order chi connectivity index (χ1) is 10.7. The Bertz CT molecular complexity index is 701. The van der Waals surface area contributed by atoms with Gasteiger partial charge in [0.05, 0.1) is 4.90 Å². The molecule has 1 fully saturated rings. The number of rotatable bonds is 5. The number of carbonyl (C=O) groups is 1. The van der Waals surface area contributed by atoms with Crippen LogP contribution in [-0.4, -0.2) is 44.9 Å². The molecule has 23 heavy (non-hydrogen) atoms. The number of amides is 1. The molecule has 0 aromatic heterocycles. The molecule has 1 saturated heterocycles. The van der Waals surface area contributed by atoms with Gasteiger partial charge in [0.25, 0.3) is 5.91 Å². The Morgan fingerprint density at radius 1 is 1.39 bits per heavy atom. The van der Waals surface area contributed by atoms with Gasteiger partial charge in [-0.15, -0.1) is 0 Å². The average Bonchev–Trinajstić information content (AvgIpc) is 2.93. The Morgan fingerprint density at radius 3 is 2.70 bits per heavy atom. The normalized spacial score (nSPS) is 19.0. The second-order valence-electron chi connectivity index (χ2n) is 6.10. The summed E-state index contributed by atoms with van der Waals surface area (Å²) in [5, 5.41) is 8.15. The Morgan fingerprint density at radius 2 is 2.09 bits per heavy atom. The van der Waals surface area contributed by atoms with E-state index >= 15 is 0 Å². The summed E-state index contributed by atoms with van der Waals surface area (Å²) in [4.78, 5) is 14.7. The van der Waals surface area contributed by atoms with E-state index in [2.05, 4.69) is 17.1 Å². The van der Waals surface area contributed by atoms with Crippen molar-refractivity contribution in [1.29, 1.82) is 0 Å². The number of nitrogens with zero attached hydrogens (tertiary/aromatic N) is 1. The number of carbonyl (C=O) groups excluding carboxylic acids is 1. The van der Waals surface area contributed by atoms with E-state index in [-0.39, 0.29) is 10.8 Å². The van der Waals surface area contributed by atoms with Crippen LogP contribution >= 0.6 is 0 Å². The zero-order chi connectivity index (χ0) is 17.2. The fourth-order valence-electron chi connectivity index (χ4n) is 3.11. The molecule has 2 rings (SSSR count). The van der Waals surface area contributed by atoms with E-state index in [1.54, 1.807) is 19.9 Å². The smallest absolute Gasteiger partial charge is 0.251 e. The average molecular weight is 339 g/mol. The van der Waals surface area contributed by atoms with Crippen molar-refractivity contribution in [2.45, 2.75) is 44.6 Å². The Labute approximate surface area is 138 Å². The molecule has 0 saturated carbocycles. The molecule has 6 nitrogen and oxygen atoms in total. The van der Waals surface area contributed by atoms with Gasteiger partial charge in [-0.1, -0.05) is 6.92 Å². The lowest BCUT2D eigenvalue weighted by atomic mass is 10.1. The van der Waals surface area contributed by atoms with Crippen LogP contribution in [0, 0.1) is 13.8 Å². The van der Waals surface area contributed by atoms with Gasteiger partial charge in [-0.05, 0) is 63.0 Å². The number of nitrogens with one attached hydrogen (secondary N) is 1. The lowest BCUT2D eigenvalue weighted by molar-refractivity contribution is 0.0941. The molecular weight excluding hydrogens is 314 g/mol. The second kappa shape index (κ2) is 6.98. The number of nitrogens with two attached hydrogens (primary N) is 1. The summed E-state index contributed by atoms with van der Waals surface area (Å²) < 4.78 is 23.3. The highest BCUT2D eigenvalue weighted by atomic mass is 32.2. The van der Waals surface area contributed by atoms with Crippen molar-refractivity contribution in [1.82, 2.24) is 10.2 Å². The summed E-state index contributed by atoms with van der Waals surface area (Å²) in [5.41, 5.74) is 1.65. The van der Waals surface area contributed by atoms with Crippen molar-refractivity contribution in [3.63, 3.8) is 0 Å². The largest absolute Gasteiger partial charge is 0.350 e. The van der Waals surface area contributed by atoms with Crippen LogP contribution in [0.2, 0.25) is 0 Å². The molecule has 1 aromatic carbocycles. The van der Waals surface area contributed by atoms with Gasteiger partial charge in [-0.25, -0.2) is 13.6 Å². The van der Waals surface area contributed by atoms with Crippen LogP contribution in [0.3, 0.4) is 0 Å². The van der Waals surface area contributed by atoms with E-state index in [4.69, 9.17) is 5.14 Å². The summed E-state index contributed by atoms with van der Waals surface area (Å²) in [6.07, 6.45) is 2.22. The fraction of sp³-hybridized carbons (Fsp3) is 0.562. The maximum absolute atomic E-state index is 12.4. The van der Waals surface area contributed by atoms with Crippen LogP contribution in [-0.2, 0) is 10.0 Å². The monoisotopic (exact) mass is 339 g/mol. The predicted octanol–water partition coefficient (Wildman–Crippen LogP) is 1.16. The van der Waals surface area contributed by atoms with E-state index in [1.807, 2.05) is 0 Å². The van der Waals surface area contributed by atoms with Crippen molar-refractivity contribution in [2.24, 2.45) is 5.14 Å². The Balaban J connectivity index is 2.15. The van der Waals surface area contributed by atoms with Gasteiger partial charge in [0.2, 0.25) is 10.0 Å². The van der Waals surface area contributed by atoms with Crippen molar-refractivity contribution in [3.05, 3.63) is 28.8 Å². The lowest BCUT2D eigenvalue weighted by Gasteiger charge is -2.23. The summed E-state index contributed by atoms with van der Waals surface area (Å²) in [7, 11) is -3.84. The van der Waals surface area contributed by atoms with Crippen molar-refractivity contribution in [3.8, 4) is 0 Å². The number of hydrogen-bond acceptors (Lipinski definition) is 4. The highest BCUT2D eigenvalue weighted by molar-refractivity contribution is 7.89. The third kappa shape index (κ3) is 4.10. The first kappa shape index (κ1) is 17.9. The maximum atomic E-state index is 12.4. The van der Waals surface area contributed by atoms with Gasteiger partial charge in [0.1, 0.15) is 0 Å². The molecule has 3 N–H and O–H groups in total. The fourth-order valence-corrected chi connectivity index (χ4v) is 3.99. The summed E-state index contributed by atoms with van der Waals surface area (Å²) in [5.74, 6) is -0.263. The van der Waals surface area contributed by atoms with Crippen LogP contribution in [0.5, 0.6) is 0 Å². The molecule has 1 aromatic rings. The van der Waals surface area contributed by atoms with Gasteiger partial charge in [0, 0.05) is 18.2 Å². The molecule has 1 heterocycles. The second-order valence-corrected chi connectivity index (χ2v) is 7.63. The number of likely N-dealkylation sites (tertiary alicyclic amines) is 1. The Kier molecular flexibility index (Phi) is 5.44. The number of likely N-dealkylation sites (N-methyl/N-ethyl adjacent to an activating group) is 1. The molecule has 7 heteroatoms. The van der Waals surface area contributed by atoms with Crippen LogP contribution in [0.25, 0.3) is 0 Å². The molecule has 1 aliphatic heterocycles. The third-order valence-corrected chi connectivity index (χ3v) is 5.63. The van der Waals surface area contributed by atoms with Crippen molar-refractivity contribution >= 4 is 15.9 Å². The summed E-state index contributed by atoms with van der Waals surface area (Å²) in [6, 6.07) is 3.42. The van der Waals surface area contributed by atoms with E-state index < -0.39 is 10.0 Å². The number of sulfonamides is 1. The first-order valence-electron chi connectivity index (χ1n) is 7.90. The lowest BCUT2D eigenvalue weighted by Crippen LogP contribution is -2.40. The van der Waals surface area contributed by atoms with Crippen LogP contribution in [0.4, 0.5) is 0 Å². The number of benzene rings is 1. The summed E-state index contributed by atoms with van der Waals surface area (Å²) in [6.45, 7) is 8.19. The van der Waals surface area contributed by atoms with E-state index in [1.165, 1.54) is 6.07 Å². The minimum atomic E-state index is -3.84. The molecule has 0 spiro atoms. The minimum absolute atomic E-state index is 0.0127. The van der Waals surface area contributed by atoms with Crippen LogP contribution in [0.1, 0.15) is 41.3 Å². The van der Waals surface area contributed by atoms with Crippen LogP contribution < -0.4 is 10.5 Å². The Hall–Kier alpha value is -1.44. The number of hydrogen-bond donors (Lipinski definition) is 2. The zero-order valence-electron chi connectivity index (χ0n) is 13.9. The molecular formula is C16H25N3O3S. The SMILES string of the molecule is CCN1CCC[C@@H]1CNC(=O)c1cc(C)c(C)c(S(N)(=O)=O)c1. The summed E-state index contributed by atoms with van der Waals surface area (Å²) >= 11 is 0. The van der Waals surface area contributed by atoms with Crippen molar-refractivity contribution < 1.29 is 13.2 Å². The highest BCUT2D eigenvalue weighted by Gasteiger charge is 2.24. The molecule has 0 bridgehead atoms. The molecule has 0 radical (unpaired) electrons. The van der Waals surface area contributed by atoms with Gasteiger partial charge >= 0.3 is 0 Å². The van der Waals surface area contributed by atoms with Gasteiger partial charge < -0.3 is 5.32 Å². The number of aryl methyl sites for hydroxylation is 1. The molecule has 1 atom stereocenters. The van der Waals surface area contributed by atoms with Gasteiger partial charge in [0.15, 0.2) is 0 Å². The molecule has 128 valence electrons. The van der Waals surface area contributed by atoms with E-state index in [0.717, 1.165) is 31.5 Å². The maximum Gasteiger partial charge on any atom is 0.251 e. The number of primary sulfonamides is 1. The topological polar surface area (TPSA) is 92.5 Å². The zero-order valence-corrected chi connectivity index (χ0v) is 14.7. The van der Waals surface area contributed by atoms with Gasteiger partial charge in [-0.2, -0.15) is 0 Å². The standard InChI is InChI=1S/C16H25N3O3S/c1-4-19-7-5-6-14(19)10-18-16(20)13-8-11(2)12(3)15(9-13)23(17,21)22/h8-9,14H,4-7,10H2,1-3H3,(H,18,20)(H2,17,21,22)/t14-/m1/s1. The van der Waals surface area contributed by atoms with Crippen molar-refractivity contribution in [2.75, 3.05) is 19.6 Å². The highest BCUT2D eigenvalue weighted by Crippen LogP contribution is 2.20. The predicted molar refractivity (Wildman–Crippen MR) is 89.9 cm³/mol. The minimum Gasteiger partial charge on any atom is -0.350 e. The molecule has 0 unspecified atom stereocenters. The van der Waals surface area contributed by atoms with E-state index in [9.17, 15) is 13.2 Å². The molecule has 0 aliphatic carbocycles. The molecule has 1 amide bonds. The van der Waals surface area contributed by atoms with Gasteiger partial charge in [-0.3, -0.25) is 9.69 Å². The first-order valence-corrected chi connectivity index (χ1v) is 9.45. The molecule has 1 aliphatic rings. The van der Waals surface area contributed by atoms with Crippen LogP contribution in [0.15, 0.2) is 17.0 Å².